The molecule has 3 rings (SSSR count). The van der Waals surface area contributed by atoms with E-state index in [2.05, 4.69) is 5.32 Å². The number of fused-ring (bicyclic) bond motifs is 1. The lowest BCUT2D eigenvalue weighted by molar-refractivity contribution is -0.307. The van der Waals surface area contributed by atoms with Crippen molar-refractivity contribution in [2.24, 2.45) is 0 Å². The first-order valence-electron chi connectivity index (χ1n) is 9.42. The fourth-order valence-electron chi connectivity index (χ4n) is 3.04. The van der Waals surface area contributed by atoms with Crippen LogP contribution in [0.25, 0.3) is 0 Å². The zero-order valence-electron chi connectivity index (χ0n) is 16.7. The van der Waals surface area contributed by atoms with Crippen molar-refractivity contribution in [3.8, 4) is 11.5 Å². The van der Waals surface area contributed by atoms with E-state index in [1.165, 1.54) is 18.7 Å². The van der Waals surface area contributed by atoms with E-state index < -0.39 is 17.9 Å². The second-order valence-corrected chi connectivity index (χ2v) is 8.24. The van der Waals surface area contributed by atoms with Crippen molar-refractivity contribution in [3.63, 3.8) is 0 Å². The number of hydrogen-bond acceptors (Lipinski definition) is 7. The summed E-state index contributed by atoms with van der Waals surface area (Å²) >= 11 is 1.27. The van der Waals surface area contributed by atoms with Gasteiger partial charge in [0, 0.05) is 29.9 Å². The molecule has 0 bridgehead atoms. The second kappa shape index (κ2) is 9.67. The Labute approximate surface area is 178 Å². The van der Waals surface area contributed by atoms with Gasteiger partial charge in [-0.2, -0.15) is 11.8 Å². The summed E-state index contributed by atoms with van der Waals surface area (Å²) in [6.45, 7) is 3.33. The zero-order valence-corrected chi connectivity index (χ0v) is 17.5. The Kier molecular flexibility index (Phi) is 6.99. The molecule has 30 heavy (non-hydrogen) atoms. The number of aryl methyl sites for hydroxylation is 1. The standard InChI is InChI=1S/C22H23NO6S/c1-13-3-5-15(6-4-13)18(25)10-21(30-11-17(22(26)27)23-14(2)24)16-7-8-19-20(9-16)29-12-28-19/h3-9,17,21H,10-12H2,1-2H3,(H,23,24)(H,26,27)/p-1/t17-,21-/m1/s1. The lowest BCUT2D eigenvalue weighted by atomic mass is 10.0. The SMILES string of the molecule is CC(=O)N[C@H](CS[C@H](CC(=O)c1ccc(C)cc1)c1ccc2c(c1)OCO2)C(=O)[O-]. The molecule has 0 fully saturated rings. The molecule has 2 aromatic carbocycles. The van der Waals surface area contributed by atoms with Crippen molar-refractivity contribution >= 4 is 29.4 Å². The maximum Gasteiger partial charge on any atom is 0.231 e. The van der Waals surface area contributed by atoms with Crippen LogP contribution < -0.4 is 19.9 Å². The molecule has 0 radical (unpaired) electrons. The van der Waals surface area contributed by atoms with E-state index in [0.717, 1.165) is 11.1 Å². The third-order valence-corrected chi connectivity index (χ3v) is 6.01. The number of aliphatic carboxylic acids is 1. The predicted molar refractivity (Wildman–Crippen MR) is 111 cm³/mol. The van der Waals surface area contributed by atoms with E-state index in [-0.39, 0.29) is 30.0 Å². The number of benzene rings is 2. The Hall–Kier alpha value is -3.00. The number of nitrogens with one attached hydrogen (secondary N) is 1. The van der Waals surface area contributed by atoms with Crippen LogP contribution in [0.1, 0.15) is 40.1 Å². The molecule has 1 heterocycles. The lowest BCUT2D eigenvalue weighted by Gasteiger charge is -2.23. The van der Waals surface area contributed by atoms with Crippen LogP contribution in [0.3, 0.4) is 0 Å². The van der Waals surface area contributed by atoms with Gasteiger partial charge in [-0.15, -0.1) is 0 Å². The normalized spacial score (nSPS) is 14.1. The molecular formula is C22H22NO6S-. The summed E-state index contributed by atoms with van der Waals surface area (Å²) in [6.07, 6.45) is 0.160. The minimum absolute atomic E-state index is 0.0577. The summed E-state index contributed by atoms with van der Waals surface area (Å²) < 4.78 is 10.8. The highest BCUT2D eigenvalue weighted by Crippen LogP contribution is 2.40. The molecule has 0 spiro atoms. The number of hydrogen-bond donors (Lipinski definition) is 1. The number of ether oxygens (including phenoxy) is 2. The van der Waals surface area contributed by atoms with E-state index in [1.54, 1.807) is 24.3 Å². The van der Waals surface area contributed by atoms with Crippen LogP contribution in [0.5, 0.6) is 11.5 Å². The number of carbonyl (C=O) groups is 3. The quantitative estimate of drug-likeness (QED) is 0.609. The van der Waals surface area contributed by atoms with E-state index in [9.17, 15) is 19.5 Å². The number of amides is 1. The molecule has 1 aliphatic rings. The van der Waals surface area contributed by atoms with E-state index in [1.807, 2.05) is 25.1 Å². The van der Waals surface area contributed by atoms with Crippen LogP contribution in [-0.4, -0.2) is 36.2 Å². The smallest absolute Gasteiger partial charge is 0.231 e. The molecular weight excluding hydrogens is 406 g/mol. The van der Waals surface area contributed by atoms with Gasteiger partial charge in [-0.05, 0) is 24.6 Å². The van der Waals surface area contributed by atoms with E-state index >= 15 is 0 Å². The summed E-state index contributed by atoms with van der Waals surface area (Å²) in [5.41, 5.74) is 2.45. The molecule has 7 nitrogen and oxygen atoms in total. The van der Waals surface area contributed by atoms with Crippen molar-refractivity contribution in [3.05, 3.63) is 59.2 Å². The Balaban J connectivity index is 1.80. The monoisotopic (exact) mass is 428 g/mol. The average Bonchev–Trinajstić information content (AvgIpc) is 3.17. The molecule has 0 aliphatic carbocycles. The third-order valence-electron chi connectivity index (χ3n) is 4.64. The summed E-state index contributed by atoms with van der Waals surface area (Å²) in [5.74, 6) is -0.623. The Morgan fingerprint density at radius 1 is 1.10 bits per heavy atom. The third kappa shape index (κ3) is 5.54. The van der Waals surface area contributed by atoms with Crippen LogP contribution in [0.4, 0.5) is 0 Å². The number of ketones is 1. The summed E-state index contributed by atoms with van der Waals surface area (Å²) in [7, 11) is 0. The molecule has 0 saturated carbocycles. The Bertz CT molecular complexity index is 943. The van der Waals surface area contributed by atoms with Gasteiger partial charge in [0.2, 0.25) is 12.7 Å². The van der Waals surface area contributed by atoms with Crippen molar-refractivity contribution < 1.29 is 29.0 Å². The number of rotatable bonds is 9. The Morgan fingerprint density at radius 3 is 2.47 bits per heavy atom. The molecule has 158 valence electrons. The highest BCUT2D eigenvalue weighted by atomic mass is 32.2. The molecule has 0 unspecified atom stereocenters. The van der Waals surface area contributed by atoms with E-state index in [0.29, 0.717) is 17.1 Å². The number of carbonyl (C=O) groups excluding carboxylic acids is 3. The van der Waals surface area contributed by atoms with Crippen LogP contribution >= 0.6 is 11.8 Å². The minimum atomic E-state index is -1.37. The summed E-state index contributed by atoms with van der Waals surface area (Å²) in [5, 5.41) is 13.4. The first-order valence-corrected chi connectivity index (χ1v) is 10.5. The van der Waals surface area contributed by atoms with Crippen LogP contribution in [0.2, 0.25) is 0 Å². The fourth-order valence-corrected chi connectivity index (χ4v) is 4.29. The van der Waals surface area contributed by atoms with Gasteiger partial charge in [-0.25, -0.2) is 0 Å². The highest BCUT2D eigenvalue weighted by molar-refractivity contribution is 7.99. The Morgan fingerprint density at radius 2 is 1.80 bits per heavy atom. The fraction of sp³-hybridized carbons (Fsp3) is 0.318. The van der Waals surface area contributed by atoms with Gasteiger partial charge < -0.3 is 24.7 Å². The molecule has 2 atom stereocenters. The molecule has 1 aliphatic heterocycles. The number of carboxylic acids is 1. The van der Waals surface area contributed by atoms with Gasteiger partial charge in [0.1, 0.15) is 0 Å². The molecule has 8 heteroatoms. The molecule has 0 aromatic heterocycles. The van der Waals surface area contributed by atoms with Crippen molar-refractivity contribution in [1.29, 1.82) is 0 Å². The van der Waals surface area contributed by atoms with E-state index in [4.69, 9.17) is 9.47 Å². The predicted octanol–water partition coefficient (Wildman–Crippen LogP) is 2.03. The average molecular weight is 428 g/mol. The first kappa shape index (κ1) is 21.7. The molecule has 0 saturated heterocycles. The summed E-state index contributed by atoms with van der Waals surface area (Å²) in [6, 6.07) is 11.6. The molecule has 1 N–H and O–H groups in total. The van der Waals surface area contributed by atoms with Gasteiger partial charge in [-0.1, -0.05) is 35.9 Å². The van der Waals surface area contributed by atoms with Crippen LogP contribution in [-0.2, 0) is 9.59 Å². The van der Waals surface area contributed by atoms with Crippen molar-refractivity contribution in [1.82, 2.24) is 5.32 Å². The molecule has 2 aromatic rings. The number of thioether (sulfide) groups is 1. The van der Waals surface area contributed by atoms with Crippen molar-refractivity contribution in [2.75, 3.05) is 12.5 Å². The molecule has 1 amide bonds. The number of Topliss-reactive ketones (excluding diaryl/α,β-unsaturated/α-hetero) is 1. The van der Waals surface area contributed by atoms with Gasteiger partial charge in [0.25, 0.3) is 0 Å². The van der Waals surface area contributed by atoms with Crippen molar-refractivity contribution in [2.45, 2.75) is 31.6 Å². The highest BCUT2D eigenvalue weighted by Gasteiger charge is 2.23. The maximum atomic E-state index is 12.9. The zero-order chi connectivity index (χ0) is 21.7. The first-order chi connectivity index (χ1) is 14.3. The van der Waals surface area contributed by atoms with Gasteiger partial charge >= 0.3 is 0 Å². The summed E-state index contributed by atoms with van der Waals surface area (Å²) in [4.78, 5) is 35.5. The number of carboxylic acid groups (broad SMARTS) is 1. The largest absolute Gasteiger partial charge is 0.548 e. The van der Waals surface area contributed by atoms with Crippen LogP contribution in [0, 0.1) is 6.92 Å². The van der Waals surface area contributed by atoms with Crippen LogP contribution in [0.15, 0.2) is 42.5 Å². The van der Waals surface area contributed by atoms with Gasteiger partial charge in [0.05, 0.1) is 12.0 Å². The minimum Gasteiger partial charge on any atom is -0.548 e. The second-order valence-electron chi connectivity index (χ2n) is 7.00. The maximum absolute atomic E-state index is 12.9. The van der Waals surface area contributed by atoms with Gasteiger partial charge in [-0.3, -0.25) is 9.59 Å². The van der Waals surface area contributed by atoms with Gasteiger partial charge in [0.15, 0.2) is 17.3 Å². The lowest BCUT2D eigenvalue weighted by Crippen LogP contribution is -2.48. The topological polar surface area (TPSA) is 105 Å².